The predicted molar refractivity (Wildman–Crippen MR) is 111 cm³/mol. The summed E-state index contributed by atoms with van der Waals surface area (Å²) in [6.07, 6.45) is 6.05. The van der Waals surface area contributed by atoms with Crippen LogP contribution in [0.4, 0.5) is 0 Å². The summed E-state index contributed by atoms with van der Waals surface area (Å²) in [6.45, 7) is 3.67. The zero-order valence-electron chi connectivity index (χ0n) is 16.6. The summed E-state index contributed by atoms with van der Waals surface area (Å²) in [5.41, 5.74) is 2.88. The van der Waals surface area contributed by atoms with Crippen LogP contribution < -0.4 is 5.32 Å². The average molecular weight is 401 g/mol. The van der Waals surface area contributed by atoms with Crippen molar-refractivity contribution in [3.05, 3.63) is 40.9 Å². The van der Waals surface area contributed by atoms with Crippen LogP contribution in [0, 0.1) is 6.92 Å². The van der Waals surface area contributed by atoms with Gasteiger partial charge >= 0.3 is 5.97 Å². The van der Waals surface area contributed by atoms with Crippen molar-refractivity contribution in [1.82, 2.24) is 10.3 Å². The topological polar surface area (TPSA) is 68.3 Å². The summed E-state index contributed by atoms with van der Waals surface area (Å²) in [6, 6.07) is 8.31. The number of hydrogen-bond donors (Lipinski definition) is 1. The van der Waals surface area contributed by atoms with Crippen LogP contribution in [0.5, 0.6) is 0 Å². The third-order valence-corrected chi connectivity index (χ3v) is 5.96. The highest BCUT2D eigenvalue weighted by Gasteiger charge is 2.22. The van der Waals surface area contributed by atoms with Crippen LogP contribution in [0.2, 0.25) is 0 Å². The van der Waals surface area contributed by atoms with Crippen LogP contribution in [0.3, 0.4) is 0 Å². The molecule has 0 spiro atoms. The van der Waals surface area contributed by atoms with E-state index in [4.69, 9.17) is 4.74 Å². The van der Waals surface area contributed by atoms with Gasteiger partial charge in [-0.25, -0.2) is 4.98 Å². The molecule has 1 fully saturated rings. The molecule has 3 rings (SSSR count). The Kier molecular flexibility index (Phi) is 7.20. The highest BCUT2D eigenvalue weighted by Crippen LogP contribution is 2.24. The Morgan fingerprint density at radius 2 is 2.00 bits per heavy atom. The van der Waals surface area contributed by atoms with Crippen molar-refractivity contribution in [2.75, 3.05) is 0 Å². The van der Waals surface area contributed by atoms with Gasteiger partial charge in [0.25, 0.3) is 5.91 Å². The third kappa shape index (κ3) is 5.89. The molecular weight excluding hydrogens is 372 g/mol. The molecular formula is C22H28N2O3S. The number of hydrogen-bond acceptors (Lipinski definition) is 5. The predicted octanol–water partition coefficient (Wildman–Crippen LogP) is 4.43. The van der Waals surface area contributed by atoms with E-state index in [9.17, 15) is 9.59 Å². The number of benzene rings is 1. The number of rotatable bonds is 6. The van der Waals surface area contributed by atoms with Gasteiger partial charge in [0.1, 0.15) is 5.01 Å². The minimum absolute atomic E-state index is 0.0728. The lowest BCUT2D eigenvalue weighted by Crippen LogP contribution is -2.42. The first kappa shape index (κ1) is 20.5. The largest absolute Gasteiger partial charge is 0.452 e. The summed E-state index contributed by atoms with van der Waals surface area (Å²) >= 11 is 1.51. The van der Waals surface area contributed by atoms with E-state index in [0.29, 0.717) is 5.69 Å². The number of carbonyl (C=O) groups excluding carboxylic acids is 2. The second-order valence-corrected chi connectivity index (χ2v) is 8.38. The molecule has 1 aromatic carbocycles. The molecule has 2 aromatic rings. The molecule has 0 aliphatic heterocycles. The fourth-order valence-corrected chi connectivity index (χ4v) is 4.30. The molecule has 1 saturated carbocycles. The van der Waals surface area contributed by atoms with E-state index in [0.717, 1.165) is 36.3 Å². The molecule has 1 amide bonds. The number of aromatic nitrogens is 1. The number of esters is 1. The highest BCUT2D eigenvalue weighted by molar-refractivity contribution is 7.13. The molecule has 6 heteroatoms. The maximum absolute atomic E-state index is 12.3. The Morgan fingerprint density at radius 3 is 2.71 bits per heavy atom. The molecule has 150 valence electrons. The summed E-state index contributed by atoms with van der Waals surface area (Å²) in [5.74, 6) is -0.636. The quantitative estimate of drug-likeness (QED) is 0.575. The minimum atomic E-state index is -0.786. The lowest BCUT2D eigenvalue weighted by atomic mass is 10.1. The smallest absolute Gasteiger partial charge is 0.312 e. The third-order valence-electron chi connectivity index (χ3n) is 5.02. The Labute approximate surface area is 170 Å². The Balaban J connectivity index is 1.50. The first-order valence-electron chi connectivity index (χ1n) is 10.0. The zero-order valence-corrected chi connectivity index (χ0v) is 17.4. The van der Waals surface area contributed by atoms with Gasteiger partial charge in [-0.1, -0.05) is 49.4 Å². The fourth-order valence-electron chi connectivity index (χ4n) is 3.48. The van der Waals surface area contributed by atoms with Crippen LogP contribution in [0.1, 0.15) is 56.7 Å². The van der Waals surface area contributed by atoms with Crippen molar-refractivity contribution in [2.24, 2.45) is 0 Å². The number of nitrogens with one attached hydrogen (secondary N) is 1. The van der Waals surface area contributed by atoms with E-state index >= 15 is 0 Å². The summed E-state index contributed by atoms with van der Waals surface area (Å²) in [7, 11) is 0. The second kappa shape index (κ2) is 9.82. The second-order valence-electron chi connectivity index (χ2n) is 7.52. The molecule has 1 aliphatic carbocycles. The zero-order chi connectivity index (χ0) is 19.9. The van der Waals surface area contributed by atoms with Gasteiger partial charge in [-0.3, -0.25) is 9.59 Å². The number of ether oxygens (including phenoxy) is 1. The molecule has 0 saturated heterocycles. The van der Waals surface area contributed by atoms with E-state index in [2.05, 4.69) is 16.4 Å². The van der Waals surface area contributed by atoms with Gasteiger partial charge in [0.05, 0.1) is 12.1 Å². The molecule has 1 atom stereocenters. The van der Waals surface area contributed by atoms with Gasteiger partial charge in [0.15, 0.2) is 6.10 Å². The van der Waals surface area contributed by atoms with Gasteiger partial charge in [0, 0.05) is 17.0 Å². The van der Waals surface area contributed by atoms with Crippen LogP contribution in [-0.4, -0.2) is 29.0 Å². The first-order chi connectivity index (χ1) is 13.5. The standard InChI is InChI=1S/C22H28N2O3S/c1-15-8-7-9-17(12-15)22-24-19(14-28-22)13-20(25)27-16(2)21(26)23-18-10-5-3-4-6-11-18/h7-9,12,14,16,18H,3-6,10-11,13H2,1-2H3,(H,23,26)/t16-/m0/s1. The maximum atomic E-state index is 12.3. The molecule has 1 aliphatic rings. The molecule has 28 heavy (non-hydrogen) atoms. The maximum Gasteiger partial charge on any atom is 0.312 e. The summed E-state index contributed by atoms with van der Waals surface area (Å²) < 4.78 is 5.34. The van der Waals surface area contributed by atoms with Crippen molar-refractivity contribution >= 4 is 23.2 Å². The van der Waals surface area contributed by atoms with Crippen molar-refractivity contribution < 1.29 is 14.3 Å². The SMILES string of the molecule is Cc1cccc(-c2nc(CC(=O)O[C@@H](C)C(=O)NC3CCCCCC3)cs2)c1. The van der Waals surface area contributed by atoms with Crippen molar-refractivity contribution in [1.29, 1.82) is 0 Å². The molecule has 1 heterocycles. The first-order valence-corrected chi connectivity index (χ1v) is 10.9. The van der Waals surface area contributed by atoms with Crippen LogP contribution in [0.25, 0.3) is 10.6 Å². The molecule has 0 bridgehead atoms. The number of nitrogens with zero attached hydrogens (tertiary/aromatic N) is 1. The monoisotopic (exact) mass is 400 g/mol. The van der Waals surface area contributed by atoms with E-state index in [-0.39, 0.29) is 18.4 Å². The normalized spacial score (nSPS) is 16.2. The average Bonchev–Trinajstić information content (AvgIpc) is 2.97. The number of aryl methyl sites for hydroxylation is 1. The molecule has 1 aromatic heterocycles. The van der Waals surface area contributed by atoms with Crippen molar-refractivity contribution in [2.45, 2.75) is 70.9 Å². The van der Waals surface area contributed by atoms with Crippen molar-refractivity contribution in [3.63, 3.8) is 0 Å². The van der Waals surface area contributed by atoms with E-state index in [1.54, 1.807) is 6.92 Å². The lowest BCUT2D eigenvalue weighted by Gasteiger charge is -2.19. The highest BCUT2D eigenvalue weighted by atomic mass is 32.1. The summed E-state index contributed by atoms with van der Waals surface area (Å²) in [4.78, 5) is 29.1. The van der Waals surface area contributed by atoms with Crippen LogP contribution >= 0.6 is 11.3 Å². The fraction of sp³-hybridized carbons (Fsp3) is 0.500. The van der Waals surface area contributed by atoms with Gasteiger partial charge < -0.3 is 10.1 Å². The van der Waals surface area contributed by atoms with Gasteiger partial charge in [-0.15, -0.1) is 11.3 Å². The molecule has 1 N–H and O–H groups in total. The van der Waals surface area contributed by atoms with Crippen LogP contribution in [0.15, 0.2) is 29.6 Å². The van der Waals surface area contributed by atoms with E-state index in [1.165, 1.54) is 29.7 Å². The Hall–Kier alpha value is -2.21. The number of thiazole rings is 1. The lowest BCUT2D eigenvalue weighted by molar-refractivity contribution is -0.154. The molecule has 0 radical (unpaired) electrons. The molecule has 5 nitrogen and oxygen atoms in total. The van der Waals surface area contributed by atoms with Crippen LogP contribution in [-0.2, 0) is 20.7 Å². The summed E-state index contributed by atoms with van der Waals surface area (Å²) in [5, 5.41) is 5.78. The van der Waals surface area contributed by atoms with E-state index in [1.807, 2.05) is 30.5 Å². The Bertz CT molecular complexity index is 810. The molecule has 0 unspecified atom stereocenters. The minimum Gasteiger partial charge on any atom is -0.452 e. The number of carbonyl (C=O) groups is 2. The van der Waals surface area contributed by atoms with Crippen molar-refractivity contribution in [3.8, 4) is 10.6 Å². The van der Waals surface area contributed by atoms with Gasteiger partial charge in [-0.05, 0) is 32.8 Å². The van der Waals surface area contributed by atoms with E-state index < -0.39 is 12.1 Å². The Morgan fingerprint density at radius 1 is 1.25 bits per heavy atom. The number of amides is 1. The van der Waals surface area contributed by atoms with Gasteiger partial charge in [0.2, 0.25) is 0 Å². The van der Waals surface area contributed by atoms with Gasteiger partial charge in [-0.2, -0.15) is 0 Å².